The largest absolute Gasteiger partial charge is 0.466 e. The minimum Gasteiger partial charge on any atom is -0.466 e. The van der Waals surface area contributed by atoms with E-state index in [4.69, 9.17) is 5.73 Å². The second-order valence-electron chi connectivity index (χ2n) is 3.20. The van der Waals surface area contributed by atoms with Crippen molar-refractivity contribution in [2.45, 2.75) is 6.18 Å². The van der Waals surface area contributed by atoms with Crippen molar-refractivity contribution in [1.29, 1.82) is 0 Å². The molecule has 0 atom stereocenters. The van der Waals surface area contributed by atoms with Gasteiger partial charge in [-0.3, -0.25) is 0 Å². The van der Waals surface area contributed by atoms with E-state index in [0.29, 0.717) is 0 Å². The van der Waals surface area contributed by atoms with E-state index in [1.807, 2.05) is 0 Å². The SMILES string of the molecule is COC(=O)C=Cc1cc(C(F)(F)F)ccc1N. The minimum absolute atomic E-state index is 0.116. The highest BCUT2D eigenvalue weighted by atomic mass is 19.4. The fourth-order valence-corrected chi connectivity index (χ4v) is 1.12. The molecule has 0 aliphatic rings. The monoisotopic (exact) mass is 245 g/mol. The number of halogens is 3. The molecule has 0 bridgehead atoms. The number of anilines is 1. The van der Waals surface area contributed by atoms with Gasteiger partial charge in [-0.1, -0.05) is 0 Å². The average Bonchev–Trinajstić information content (AvgIpc) is 2.26. The molecule has 0 aromatic heterocycles. The topological polar surface area (TPSA) is 52.3 Å². The lowest BCUT2D eigenvalue weighted by Gasteiger charge is -2.08. The number of methoxy groups -OCH3 is 1. The number of nitrogen functional groups attached to an aromatic ring is 1. The van der Waals surface area contributed by atoms with Crippen LogP contribution >= 0.6 is 0 Å². The first-order chi connectivity index (χ1) is 7.84. The molecule has 1 rings (SSSR count). The van der Waals surface area contributed by atoms with Crippen molar-refractivity contribution >= 4 is 17.7 Å². The Bertz CT molecular complexity index is 453. The van der Waals surface area contributed by atoms with Crippen molar-refractivity contribution in [3.8, 4) is 0 Å². The fraction of sp³-hybridized carbons (Fsp3) is 0.182. The molecule has 6 heteroatoms. The molecule has 0 unspecified atom stereocenters. The third kappa shape index (κ3) is 3.51. The zero-order valence-corrected chi connectivity index (χ0v) is 8.91. The van der Waals surface area contributed by atoms with Crippen LogP contribution in [0.25, 0.3) is 6.08 Å². The van der Waals surface area contributed by atoms with Gasteiger partial charge in [0.15, 0.2) is 0 Å². The summed E-state index contributed by atoms with van der Waals surface area (Å²) in [6.07, 6.45) is -2.26. The Morgan fingerprint density at radius 3 is 2.59 bits per heavy atom. The Hall–Kier alpha value is -1.98. The summed E-state index contributed by atoms with van der Waals surface area (Å²) in [5, 5.41) is 0. The van der Waals surface area contributed by atoms with Crippen molar-refractivity contribution in [3.05, 3.63) is 35.4 Å². The molecule has 1 aromatic rings. The van der Waals surface area contributed by atoms with E-state index >= 15 is 0 Å². The van der Waals surface area contributed by atoms with Crippen LogP contribution < -0.4 is 5.73 Å². The number of ether oxygens (including phenoxy) is 1. The van der Waals surface area contributed by atoms with Crippen molar-refractivity contribution in [2.24, 2.45) is 0 Å². The number of carbonyl (C=O) groups excluding carboxylic acids is 1. The van der Waals surface area contributed by atoms with E-state index in [1.165, 1.54) is 13.2 Å². The lowest BCUT2D eigenvalue weighted by molar-refractivity contribution is -0.137. The predicted octanol–water partition coefficient (Wildman–Crippen LogP) is 2.47. The van der Waals surface area contributed by atoms with Gasteiger partial charge in [0.25, 0.3) is 0 Å². The molecule has 17 heavy (non-hydrogen) atoms. The minimum atomic E-state index is -4.44. The molecule has 1 aromatic carbocycles. The molecule has 0 heterocycles. The van der Waals surface area contributed by atoms with E-state index in [-0.39, 0.29) is 11.3 Å². The first-order valence-corrected chi connectivity index (χ1v) is 4.57. The summed E-state index contributed by atoms with van der Waals surface area (Å²) in [5.74, 6) is -0.665. The molecule has 0 saturated carbocycles. The summed E-state index contributed by atoms with van der Waals surface area (Å²) < 4.78 is 41.5. The molecule has 0 saturated heterocycles. The number of alkyl halides is 3. The summed E-state index contributed by atoms with van der Waals surface area (Å²) in [4.78, 5) is 10.8. The van der Waals surface area contributed by atoms with Gasteiger partial charge in [-0.15, -0.1) is 0 Å². The maximum Gasteiger partial charge on any atom is 0.416 e. The smallest absolute Gasteiger partial charge is 0.416 e. The highest BCUT2D eigenvalue weighted by Crippen LogP contribution is 2.31. The normalized spacial score (nSPS) is 11.8. The summed E-state index contributed by atoms with van der Waals surface area (Å²) in [6.45, 7) is 0. The molecule has 0 amide bonds. The van der Waals surface area contributed by atoms with E-state index in [9.17, 15) is 18.0 Å². The highest BCUT2D eigenvalue weighted by molar-refractivity contribution is 5.88. The number of benzene rings is 1. The quantitative estimate of drug-likeness (QED) is 0.494. The second kappa shape index (κ2) is 4.90. The Balaban J connectivity index is 3.07. The van der Waals surface area contributed by atoms with Crippen LogP contribution in [0.2, 0.25) is 0 Å². The molecule has 0 aliphatic heterocycles. The van der Waals surface area contributed by atoms with Gasteiger partial charge in [0.05, 0.1) is 12.7 Å². The van der Waals surface area contributed by atoms with Crippen LogP contribution in [0.5, 0.6) is 0 Å². The van der Waals surface area contributed by atoms with Crippen molar-refractivity contribution in [1.82, 2.24) is 0 Å². The summed E-state index contributed by atoms with van der Waals surface area (Å²) >= 11 is 0. The van der Waals surface area contributed by atoms with Gasteiger partial charge >= 0.3 is 12.1 Å². The summed E-state index contributed by atoms with van der Waals surface area (Å²) in [6, 6.07) is 2.89. The second-order valence-corrected chi connectivity index (χ2v) is 3.20. The van der Waals surface area contributed by atoms with Crippen LogP contribution in [-0.4, -0.2) is 13.1 Å². The van der Waals surface area contributed by atoms with Gasteiger partial charge < -0.3 is 10.5 Å². The molecule has 0 spiro atoms. The standard InChI is InChI=1S/C11H10F3NO2/c1-17-10(16)5-2-7-6-8(11(12,13)14)3-4-9(7)15/h2-6H,15H2,1H3. The first-order valence-electron chi connectivity index (χ1n) is 4.57. The van der Waals surface area contributed by atoms with Gasteiger partial charge in [0, 0.05) is 11.8 Å². The fourth-order valence-electron chi connectivity index (χ4n) is 1.12. The maximum absolute atomic E-state index is 12.4. The predicted molar refractivity (Wildman–Crippen MR) is 56.9 cm³/mol. The van der Waals surface area contributed by atoms with Gasteiger partial charge in [-0.2, -0.15) is 13.2 Å². The maximum atomic E-state index is 12.4. The van der Waals surface area contributed by atoms with E-state index in [1.54, 1.807) is 0 Å². The van der Waals surface area contributed by atoms with Crippen molar-refractivity contribution < 1.29 is 22.7 Å². The van der Waals surface area contributed by atoms with E-state index in [2.05, 4.69) is 4.74 Å². The first kappa shape index (κ1) is 13.1. The molecule has 0 fully saturated rings. The summed E-state index contributed by atoms with van der Waals surface area (Å²) in [7, 11) is 1.17. The van der Waals surface area contributed by atoms with E-state index < -0.39 is 17.7 Å². The van der Waals surface area contributed by atoms with Crippen LogP contribution in [0.4, 0.5) is 18.9 Å². The third-order valence-corrected chi connectivity index (χ3v) is 2.01. The number of rotatable bonds is 2. The molecule has 3 nitrogen and oxygen atoms in total. The van der Waals surface area contributed by atoms with Crippen LogP contribution in [0.3, 0.4) is 0 Å². The van der Waals surface area contributed by atoms with Gasteiger partial charge in [-0.25, -0.2) is 4.79 Å². The Labute approximate surface area is 95.7 Å². The molecular formula is C11H10F3NO2. The lowest BCUT2D eigenvalue weighted by atomic mass is 10.1. The number of hydrogen-bond acceptors (Lipinski definition) is 3. The molecule has 0 radical (unpaired) electrons. The zero-order chi connectivity index (χ0) is 13.1. The third-order valence-electron chi connectivity index (χ3n) is 2.01. The number of nitrogens with two attached hydrogens (primary N) is 1. The van der Waals surface area contributed by atoms with Crippen molar-refractivity contribution in [3.63, 3.8) is 0 Å². The van der Waals surface area contributed by atoms with Crippen LogP contribution in [0.1, 0.15) is 11.1 Å². The van der Waals surface area contributed by atoms with Crippen LogP contribution in [0.15, 0.2) is 24.3 Å². The van der Waals surface area contributed by atoms with Crippen LogP contribution in [-0.2, 0) is 15.7 Å². The Kier molecular flexibility index (Phi) is 3.77. The highest BCUT2D eigenvalue weighted by Gasteiger charge is 2.30. The number of hydrogen-bond donors (Lipinski definition) is 1. The number of esters is 1. The van der Waals surface area contributed by atoms with Gasteiger partial charge in [-0.05, 0) is 29.8 Å². The molecule has 2 N–H and O–H groups in total. The van der Waals surface area contributed by atoms with Crippen molar-refractivity contribution in [2.75, 3.05) is 12.8 Å². The zero-order valence-electron chi connectivity index (χ0n) is 8.91. The molecular weight excluding hydrogens is 235 g/mol. The number of carbonyl (C=O) groups is 1. The molecule has 92 valence electrons. The Morgan fingerprint density at radius 2 is 2.06 bits per heavy atom. The average molecular weight is 245 g/mol. The summed E-state index contributed by atoms with van der Waals surface area (Å²) in [5.41, 5.74) is 4.93. The van der Waals surface area contributed by atoms with Crippen LogP contribution in [0, 0.1) is 0 Å². The molecule has 0 aliphatic carbocycles. The Morgan fingerprint density at radius 1 is 1.41 bits per heavy atom. The van der Waals surface area contributed by atoms with Gasteiger partial charge in [0.1, 0.15) is 0 Å². The van der Waals surface area contributed by atoms with E-state index in [0.717, 1.165) is 24.3 Å². The lowest BCUT2D eigenvalue weighted by Crippen LogP contribution is -2.05. The van der Waals surface area contributed by atoms with Gasteiger partial charge in [0.2, 0.25) is 0 Å².